The average molecular weight is 256 g/mol. The van der Waals surface area contributed by atoms with Crippen molar-refractivity contribution in [3.63, 3.8) is 0 Å². The smallest absolute Gasteiger partial charge is 0.320 e. The Morgan fingerprint density at radius 2 is 1.67 bits per heavy atom. The molecule has 18 heavy (non-hydrogen) atoms. The van der Waals surface area contributed by atoms with E-state index >= 15 is 0 Å². The van der Waals surface area contributed by atoms with Crippen LogP contribution in [0, 0.1) is 0 Å². The summed E-state index contributed by atoms with van der Waals surface area (Å²) in [6.07, 6.45) is 15.2. The fourth-order valence-corrected chi connectivity index (χ4v) is 1.75. The summed E-state index contributed by atoms with van der Waals surface area (Å²) < 4.78 is 0. The predicted octanol–water partition coefficient (Wildman–Crippen LogP) is 2.42. The lowest BCUT2D eigenvalue weighted by atomic mass is 10.1. The van der Waals surface area contributed by atoms with Gasteiger partial charge in [-0.05, 0) is 45.1 Å². The molecule has 5 N–H and O–H groups in total. The summed E-state index contributed by atoms with van der Waals surface area (Å²) in [5.41, 5.74) is 10.4. The molecular weight excluding hydrogens is 228 g/mol. The number of rotatable bonds is 5. The van der Waals surface area contributed by atoms with Crippen LogP contribution in [0.25, 0.3) is 0 Å². The van der Waals surface area contributed by atoms with Crippen LogP contribution in [0.4, 0.5) is 0 Å². The molecule has 0 bridgehead atoms. The first kappa shape index (κ1) is 17.1. The van der Waals surface area contributed by atoms with Crippen molar-refractivity contribution in [1.29, 1.82) is 0 Å². The van der Waals surface area contributed by atoms with E-state index in [0.717, 1.165) is 12.8 Å². The van der Waals surface area contributed by atoms with Gasteiger partial charge in [-0.3, -0.25) is 4.79 Å². The minimum absolute atomic E-state index is 0.520. The zero-order valence-corrected chi connectivity index (χ0v) is 11.3. The Labute approximate surface area is 110 Å². The van der Waals surface area contributed by atoms with Gasteiger partial charge in [0, 0.05) is 0 Å². The van der Waals surface area contributed by atoms with E-state index in [4.69, 9.17) is 16.6 Å². The Kier molecular flexibility index (Phi) is 12.0. The van der Waals surface area contributed by atoms with Crippen LogP contribution >= 0.6 is 0 Å². The van der Waals surface area contributed by atoms with Crippen LogP contribution in [0.15, 0.2) is 12.2 Å². The summed E-state index contributed by atoms with van der Waals surface area (Å²) >= 11 is 0. The van der Waals surface area contributed by atoms with Crippen LogP contribution in [0.5, 0.6) is 0 Å². The SMILES string of the molecule is C1=C/CCCCCC/1.NCCCCC(N)C(=O)O. The van der Waals surface area contributed by atoms with Gasteiger partial charge in [0.2, 0.25) is 0 Å². The molecule has 0 spiro atoms. The number of hydrogen-bond donors (Lipinski definition) is 3. The molecule has 1 rings (SSSR count). The zero-order chi connectivity index (χ0) is 13.6. The van der Waals surface area contributed by atoms with E-state index in [2.05, 4.69) is 12.2 Å². The van der Waals surface area contributed by atoms with Crippen LogP contribution in [0.2, 0.25) is 0 Å². The van der Waals surface area contributed by atoms with Crippen molar-refractivity contribution >= 4 is 5.97 Å². The molecular formula is C14H28N2O2. The molecule has 0 radical (unpaired) electrons. The first-order chi connectivity index (χ1) is 8.68. The van der Waals surface area contributed by atoms with Crippen molar-refractivity contribution in [2.75, 3.05) is 6.54 Å². The monoisotopic (exact) mass is 256 g/mol. The molecule has 0 aliphatic heterocycles. The highest BCUT2D eigenvalue weighted by Gasteiger charge is 2.09. The van der Waals surface area contributed by atoms with Gasteiger partial charge in [0.25, 0.3) is 0 Å². The van der Waals surface area contributed by atoms with Gasteiger partial charge < -0.3 is 16.6 Å². The van der Waals surface area contributed by atoms with Crippen molar-refractivity contribution in [3.05, 3.63) is 12.2 Å². The third-order valence-corrected chi connectivity index (χ3v) is 2.94. The Morgan fingerprint density at radius 1 is 1.11 bits per heavy atom. The molecule has 0 saturated carbocycles. The molecule has 0 saturated heterocycles. The predicted molar refractivity (Wildman–Crippen MR) is 75.4 cm³/mol. The number of carbonyl (C=O) groups is 1. The van der Waals surface area contributed by atoms with Crippen LogP contribution in [-0.4, -0.2) is 23.7 Å². The molecule has 106 valence electrons. The van der Waals surface area contributed by atoms with Gasteiger partial charge in [-0.15, -0.1) is 0 Å². The standard InChI is InChI=1S/C8H14.C6H14N2O2/c1-2-4-6-8-7-5-3-1;7-4-2-1-3-5(8)6(9)10/h1-2H,3-8H2;5H,1-4,7-8H2,(H,9,10)/b2-1+;. The number of unbranched alkanes of at least 4 members (excludes halogenated alkanes) is 1. The summed E-state index contributed by atoms with van der Waals surface area (Å²) in [5.74, 6) is -0.933. The van der Waals surface area contributed by atoms with E-state index in [-0.39, 0.29) is 0 Å². The first-order valence-corrected chi connectivity index (χ1v) is 7.02. The molecule has 0 aromatic heterocycles. The lowest BCUT2D eigenvalue weighted by molar-refractivity contribution is -0.138. The highest BCUT2D eigenvalue weighted by atomic mass is 16.4. The molecule has 4 nitrogen and oxygen atoms in total. The Morgan fingerprint density at radius 3 is 2.11 bits per heavy atom. The van der Waals surface area contributed by atoms with Crippen molar-refractivity contribution < 1.29 is 9.90 Å². The van der Waals surface area contributed by atoms with Crippen LogP contribution < -0.4 is 11.5 Å². The first-order valence-electron chi connectivity index (χ1n) is 7.02. The highest BCUT2D eigenvalue weighted by Crippen LogP contribution is 2.09. The Hall–Kier alpha value is -0.870. The van der Waals surface area contributed by atoms with Crippen molar-refractivity contribution in [2.45, 2.75) is 63.8 Å². The van der Waals surface area contributed by atoms with Gasteiger partial charge in [0.05, 0.1) is 0 Å². The summed E-state index contributed by atoms with van der Waals surface area (Å²) in [4.78, 5) is 10.1. The van der Waals surface area contributed by atoms with Gasteiger partial charge in [-0.25, -0.2) is 0 Å². The maximum absolute atomic E-state index is 10.1. The largest absolute Gasteiger partial charge is 0.480 e. The van der Waals surface area contributed by atoms with Crippen molar-refractivity contribution in [2.24, 2.45) is 11.5 Å². The third kappa shape index (κ3) is 11.6. The molecule has 1 unspecified atom stereocenters. The number of aliphatic carboxylic acids is 1. The topological polar surface area (TPSA) is 89.3 Å². The van der Waals surface area contributed by atoms with Crippen molar-refractivity contribution in [1.82, 2.24) is 0 Å². The van der Waals surface area contributed by atoms with Gasteiger partial charge >= 0.3 is 5.97 Å². The second-order valence-electron chi connectivity index (χ2n) is 4.69. The molecule has 0 aromatic rings. The van der Waals surface area contributed by atoms with E-state index in [1.165, 1.54) is 38.5 Å². The minimum Gasteiger partial charge on any atom is -0.480 e. The molecule has 0 heterocycles. The van der Waals surface area contributed by atoms with E-state index in [9.17, 15) is 4.79 Å². The second kappa shape index (κ2) is 12.6. The molecule has 1 atom stereocenters. The number of carboxylic acid groups (broad SMARTS) is 1. The zero-order valence-electron chi connectivity index (χ0n) is 11.3. The summed E-state index contributed by atoms with van der Waals surface area (Å²) in [6.45, 7) is 0.604. The number of hydrogen-bond acceptors (Lipinski definition) is 3. The van der Waals surface area contributed by atoms with Crippen molar-refractivity contribution in [3.8, 4) is 0 Å². The van der Waals surface area contributed by atoms with E-state index < -0.39 is 12.0 Å². The van der Waals surface area contributed by atoms with Crippen LogP contribution in [-0.2, 0) is 4.79 Å². The van der Waals surface area contributed by atoms with Gasteiger partial charge in [0.15, 0.2) is 0 Å². The van der Waals surface area contributed by atoms with Gasteiger partial charge in [-0.1, -0.05) is 31.4 Å². The Bertz CT molecular complexity index is 220. The summed E-state index contributed by atoms with van der Waals surface area (Å²) in [7, 11) is 0. The fourth-order valence-electron chi connectivity index (χ4n) is 1.75. The molecule has 1 aliphatic carbocycles. The fraction of sp³-hybridized carbons (Fsp3) is 0.786. The maximum Gasteiger partial charge on any atom is 0.320 e. The highest BCUT2D eigenvalue weighted by molar-refractivity contribution is 5.72. The van der Waals surface area contributed by atoms with E-state index in [0.29, 0.717) is 13.0 Å². The lowest BCUT2D eigenvalue weighted by Gasteiger charge is -2.03. The van der Waals surface area contributed by atoms with E-state index in [1.807, 2.05) is 0 Å². The summed E-state index contributed by atoms with van der Waals surface area (Å²) in [5, 5.41) is 8.33. The Balaban J connectivity index is 0.000000327. The minimum atomic E-state index is -0.933. The molecule has 1 aliphatic rings. The second-order valence-corrected chi connectivity index (χ2v) is 4.69. The van der Waals surface area contributed by atoms with E-state index in [1.54, 1.807) is 0 Å². The third-order valence-electron chi connectivity index (χ3n) is 2.94. The van der Waals surface area contributed by atoms with Crippen LogP contribution in [0.1, 0.15) is 57.8 Å². The maximum atomic E-state index is 10.1. The summed E-state index contributed by atoms with van der Waals surface area (Å²) in [6, 6.07) is -0.716. The number of carboxylic acids is 1. The average Bonchev–Trinajstić information content (AvgIpc) is 2.29. The number of nitrogens with two attached hydrogens (primary N) is 2. The van der Waals surface area contributed by atoms with Gasteiger partial charge in [0.1, 0.15) is 6.04 Å². The quantitative estimate of drug-likeness (QED) is 0.520. The van der Waals surface area contributed by atoms with Gasteiger partial charge in [-0.2, -0.15) is 0 Å². The molecule has 0 amide bonds. The normalized spacial score (nSPS) is 18.8. The number of allylic oxidation sites excluding steroid dienone is 2. The van der Waals surface area contributed by atoms with Crippen LogP contribution in [0.3, 0.4) is 0 Å². The molecule has 0 fully saturated rings. The lowest BCUT2D eigenvalue weighted by Crippen LogP contribution is -2.29. The molecule has 4 heteroatoms. The molecule has 0 aromatic carbocycles.